The largest absolute Gasteiger partial charge is 0.393 e. The molecule has 22 heavy (non-hydrogen) atoms. The van der Waals surface area contributed by atoms with Crippen LogP contribution in [0.3, 0.4) is 0 Å². The van der Waals surface area contributed by atoms with Crippen LogP contribution in [0.5, 0.6) is 0 Å². The van der Waals surface area contributed by atoms with Crippen LogP contribution in [0.2, 0.25) is 0 Å². The third-order valence-electron chi connectivity index (χ3n) is 4.29. The number of aliphatic hydroxyl groups is 1. The first kappa shape index (κ1) is 16.8. The van der Waals surface area contributed by atoms with E-state index in [1.165, 1.54) is 11.1 Å². The van der Waals surface area contributed by atoms with E-state index in [1.54, 1.807) is 0 Å². The fraction of sp³-hybridized carbons (Fsp3) is 0.611. The Morgan fingerprint density at radius 1 is 1.14 bits per heavy atom. The van der Waals surface area contributed by atoms with Gasteiger partial charge in [-0.2, -0.15) is 0 Å². The zero-order chi connectivity index (χ0) is 15.8. The minimum Gasteiger partial charge on any atom is -0.393 e. The minimum atomic E-state index is -0.117. The highest BCUT2D eigenvalue weighted by atomic mass is 16.3. The molecule has 4 heteroatoms. The third kappa shape index (κ3) is 5.02. The maximum atomic E-state index is 9.60. The van der Waals surface area contributed by atoms with Gasteiger partial charge in [-0.3, -0.25) is 0 Å². The summed E-state index contributed by atoms with van der Waals surface area (Å²) < 4.78 is 0. The number of nitrogens with one attached hydrogen (secondary N) is 2. The van der Waals surface area contributed by atoms with Crippen LogP contribution in [0.15, 0.2) is 29.3 Å². The van der Waals surface area contributed by atoms with Gasteiger partial charge in [0.15, 0.2) is 5.96 Å². The monoisotopic (exact) mass is 303 g/mol. The zero-order valence-electron chi connectivity index (χ0n) is 13.8. The van der Waals surface area contributed by atoms with Gasteiger partial charge in [0.1, 0.15) is 0 Å². The molecular weight excluding hydrogens is 274 g/mol. The molecular formula is C18H29N3O. The third-order valence-corrected chi connectivity index (χ3v) is 4.29. The Morgan fingerprint density at radius 2 is 1.82 bits per heavy atom. The molecule has 0 heterocycles. The normalized spacial score (nSPS) is 22.4. The molecule has 0 bridgehead atoms. The maximum Gasteiger partial charge on any atom is 0.191 e. The molecule has 3 N–H and O–H groups in total. The van der Waals surface area contributed by atoms with Gasteiger partial charge in [0.25, 0.3) is 0 Å². The highest BCUT2D eigenvalue weighted by Crippen LogP contribution is 2.18. The number of benzene rings is 1. The van der Waals surface area contributed by atoms with Gasteiger partial charge in [0.2, 0.25) is 0 Å². The first-order chi connectivity index (χ1) is 10.7. The van der Waals surface area contributed by atoms with Crippen LogP contribution in [0.4, 0.5) is 0 Å². The summed E-state index contributed by atoms with van der Waals surface area (Å²) in [4.78, 5) is 4.74. The second-order valence-corrected chi connectivity index (χ2v) is 5.97. The van der Waals surface area contributed by atoms with Crippen molar-refractivity contribution in [3.63, 3.8) is 0 Å². The average Bonchev–Trinajstić information content (AvgIpc) is 2.55. The lowest BCUT2D eigenvalue weighted by Gasteiger charge is -2.27. The predicted octanol–water partition coefficient (Wildman–Crippen LogP) is 2.61. The van der Waals surface area contributed by atoms with Gasteiger partial charge >= 0.3 is 0 Å². The molecule has 0 spiro atoms. The zero-order valence-corrected chi connectivity index (χ0v) is 13.8. The molecule has 0 aromatic heterocycles. The van der Waals surface area contributed by atoms with Crippen molar-refractivity contribution in [2.24, 2.45) is 4.99 Å². The lowest BCUT2D eigenvalue weighted by Crippen LogP contribution is -2.45. The van der Waals surface area contributed by atoms with Crippen LogP contribution in [-0.4, -0.2) is 29.8 Å². The Balaban J connectivity index is 1.97. The molecule has 1 aromatic rings. The summed E-state index contributed by atoms with van der Waals surface area (Å²) in [5.74, 6) is 0.884. The number of nitrogens with zero attached hydrogens (tertiary/aromatic N) is 1. The van der Waals surface area contributed by atoms with E-state index < -0.39 is 0 Å². The molecule has 0 amide bonds. The number of aliphatic imine (C=N–C) groups is 1. The van der Waals surface area contributed by atoms with Gasteiger partial charge in [-0.05, 0) is 50.2 Å². The Kier molecular flexibility index (Phi) is 6.72. The fourth-order valence-corrected chi connectivity index (χ4v) is 2.95. The van der Waals surface area contributed by atoms with Crippen LogP contribution < -0.4 is 10.6 Å². The van der Waals surface area contributed by atoms with Crippen molar-refractivity contribution in [3.8, 4) is 0 Å². The van der Waals surface area contributed by atoms with Crippen molar-refractivity contribution >= 4 is 5.96 Å². The Hall–Kier alpha value is -1.55. The standard InChI is InChI=1S/C18H29N3O/c1-3-14-7-5-6-8-15(14)13-20-18(19-4-2)21-16-9-11-17(22)12-10-16/h5-8,16-17,22H,3-4,9-13H2,1-2H3,(H2,19,20,21). The Morgan fingerprint density at radius 3 is 2.45 bits per heavy atom. The van der Waals surface area contributed by atoms with E-state index in [2.05, 4.69) is 48.7 Å². The summed E-state index contributed by atoms with van der Waals surface area (Å²) in [6.07, 6.45) is 4.71. The lowest BCUT2D eigenvalue weighted by atomic mass is 9.93. The summed E-state index contributed by atoms with van der Waals surface area (Å²) in [5.41, 5.74) is 2.66. The SMILES string of the molecule is CCNC(=NCc1ccccc1CC)NC1CCC(O)CC1. The van der Waals surface area contributed by atoms with Gasteiger partial charge in [-0.15, -0.1) is 0 Å². The van der Waals surface area contributed by atoms with Gasteiger partial charge < -0.3 is 15.7 Å². The number of rotatable bonds is 5. The van der Waals surface area contributed by atoms with Crippen molar-refractivity contribution in [1.82, 2.24) is 10.6 Å². The number of aryl methyl sites for hydroxylation is 1. The first-order valence-corrected chi connectivity index (χ1v) is 8.52. The van der Waals surface area contributed by atoms with Gasteiger partial charge in [0, 0.05) is 12.6 Å². The van der Waals surface area contributed by atoms with E-state index in [9.17, 15) is 5.11 Å². The van der Waals surface area contributed by atoms with Crippen molar-refractivity contribution in [1.29, 1.82) is 0 Å². The highest BCUT2D eigenvalue weighted by molar-refractivity contribution is 5.80. The molecule has 122 valence electrons. The van der Waals surface area contributed by atoms with E-state index in [1.807, 2.05) is 0 Å². The van der Waals surface area contributed by atoms with E-state index >= 15 is 0 Å². The van der Waals surface area contributed by atoms with Crippen LogP contribution in [-0.2, 0) is 13.0 Å². The smallest absolute Gasteiger partial charge is 0.191 e. The lowest BCUT2D eigenvalue weighted by molar-refractivity contribution is 0.120. The van der Waals surface area contributed by atoms with Crippen LogP contribution >= 0.6 is 0 Å². The summed E-state index contributed by atoms with van der Waals surface area (Å²) in [5, 5.41) is 16.4. The number of aliphatic hydroxyl groups excluding tert-OH is 1. The molecule has 1 saturated carbocycles. The molecule has 1 aliphatic carbocycles. The molecule has 1 aromatic carbocycles. The molecule has 4 nitrogen and oxygen atoms in total. The summed E-state index contributed by atoms with van der Waals surface area (Å²) in [6.45, 7) is 5.83. The van der Waals surface area contributed by atoms with E-state index in [-0.39, 0.29) is 6.10 Å². The molecule has 2 rings (SSSR count). The first-order valence-electron chi connectivity index (χ1n) is 8.52. The molecule has 1 fully saturated rings. The predicted molar refractivity (Wildman–Crippen MR) is 92.0 cm³/mol. The second-order valence-electron chi connectivity index (χ2n) is 5.97. The Bertz CT molecular complexity index is 479. The van der Waals surface area contributed by atoms with Crippen molar-refractivity contribution in [3.05, 3.63) is 35.4 Å². The average molecular weight is 303 g/mol. The summed E-state index contributed by atoms with van der Waals surface area (Å²) >= 11 is 0. The van der Waals surface area contributed by atoms with Crippen LogP contribution in [0.1, 0.15) is 50.7 Å². The molecule has 0 saturated heterocycles. The Labute approximate surface area is 134 Å². The highest BCUT2D eigenvalue weighted by Gasteiger charge is 2.19. The van der Waals surface area contributed by atoms with E-state index in [0.717, 1.165) is 44.6 Å². The van der Waals surface area contributed by atoms with Crippen molar-refractivity contribution in [2.75, 3.05) is 6.54 Å². The molecule has 1 aliphatic rings. The topological polar surface area (TPSA) is 56.7 Å². The van der Waals surface area contributed by atoms with Crippen molar-refractivity contribution in [2.45, 2.75) is 64.6 Å². The maximum absolute atomic E-state index is 9.60. The van der Waals surface area contributed by atoms with Gasteiger partial charge in [-0.1, -0.05) is 31.2 Å². The fourth-order valence-electron chi connectivity index (χ4n) is 2.95. The second kappa shape index (κ2) is 8.79. The minimum absolute atomic E-state index is 0.117. The van der Waals surface area contributed by atoms with Crippen molar-refractivity contribution < 1.29 is 5.11 Å². The van der Waals surface area contributed by atoms with Gasteiger partial charge in [-0.25, -0.2) is 4.99 Å². The molecule has 0 radical (unpaired) electrons. The number of hydrogen-bond donors (Lipinski definition) is 3. The van der Waals surface area contributed by atoms with E-state index in [0.29, 0.717) is 12.6 Å². The molecule has 0 unspecified atom stereocenters. The van der Waals surface area contributed by atoms with Crippen LogP contribution in [0.25, 0.3) is 0 Å². The van der Waals surface area contributed by atoms with Crippen LogP contribution in [0, 0.1) is 0 Å². The number of guanidine groups is 1. The van der Waals surface area contributed by atoms with Gasteiger partial charge in [0.05, 0.1) is 12.6 Å². The number of hydrogen-bond acceptors (Lipinski definition) is 2. The summed E-state index contributed by atoms with van der Waals surface area (Å²) in [7, 11) is 0. The summed E-state index contributed by atoms with van der Waals surface area (Å²) in [6, 6.07) is 8.91. The van der Waals surface area contributed by atoms with E-state index in [4.69, 9.17) is 4.99 Å². The molecule has 0 atom stereocenters. The molecule has 0 aliphatic heterocycles. The quantitative estimate of drug-likeness (QED) is 0.579.